The lowest BCUT2D eigenvalue weighted by Gasteiger charge is -2.07. The van der Waals surface area contributed by atoms with Gasteiger partial charge in [-0.3, -0.25) is 0 Å². The monoisotopic (exact) mass is 307 g/mol. The van der Waals surface area contributed by atoms with Crippen molar-refractivity contribution in [2.24, 2.45) is 7.05 Å². The number of nitrogens with zero attached hydrogens (tertiary/aromatic N) is 2. The highest BCUT2D eigenvalue weighted by molar-refractivity contribution is 9.10. The van der Waals surface area contributed by atoms with Gasteiger partial charge in [0.05, 0.1) is 5.69 Å². The topological polar surface area (TPSA) is 40.8 Å². The lowest BCUT2D eigenvalue weighted by molar-refractivity contribution is 0.628. The van der Waals surface area contributed by atoms with Gasteiger partial charge in [-0.05, 0) is 45.8 Å². The maximum Gasteiger partial charge on any atom is 0.125 e. The quantitative estimate of drug-likeness (QED) is 0.944. The minimum Gasteiger partial charge on any atom is -0.380 e. The van der Waals surface area contributed by atoms with Crippen molar-refractivity contribution < 1.29 is 4.39 Å². The summed E-state index contributed by atoms with van der Waals surface area (Å²) in [5, 5.41) is 12.0. The van der Waals surface area contributed by atoms with Crippen LogP contribution in [0.2, 0.25) is 0 Å². The Kier molecular flexibility index (Phi) is 3.68. The summed E-state index contributed by atoms with van der Waals surface area (Å²) in [4.78, 5) is 0. The molecule has 0 spiro atoms. The fourth-order valence-corrected chi connectivity index (χ4v) is 2.06. The van der Waals surface area contributed by atoms with Gasteiger partial charge in [-0.15, -0.1) is 0 Å². The van der Waals surface area contributed by atoms with Crippen molar-refractivity contribution in [2.45, 2.75) is 6.54 Å². The zero-order chi connectivity index (χ0) is 13.1. The second-order valence-electron chi connectivity index (χ2n) is 3.93. The van der Waals surface area contributed by atoms with Crippen LogP contribution in [0.3, 0.4) is 0 Å². The van der Waals surface area contributed by atoms with Gasteiger partial charge in [0.2, 0.25) is 0 Å². The molecule has 92 valence electrons. The van der Waals surface area contributed by atoms with Crippen molar-refractivity contribution >= 4 is 21.6 Å². The van der Waals surface area contributed by atoms with Crippen LogP contribution < -0.4 is 5.32 Å². The predicted molar refractivity (Wildman–Crippen MR) is 71.6 cm³/mol. The van der Waals surface area contributed by atoms with Gasteiger partial charge in [0.25, 0.3) is 0 Å². The molecule has 0 aliphatic rings. The molecular formula is C13H11BrFN3. The van der Waals surface area contributed by atoms with Crippen LogP contribution in [0.5, 0.6) is 0 Å². The van der Waals surface area contributed by atoms with E-state index in [9.17, 15) is 4.39 Å². The van der Waals surface area contributed by atoms with Crippen molar-refractivity contribution in [3.63, 3.8) is 0 Å². The van der Waals surface area contributed by atoms with Gasteiger partial charge < -0.3 is 9.88 Å². The first-order chi connectivity index (χ1) is 8.60. The molecule has 0 saturated heterocycles. The summed E-state index contributed by atoms with van der Waals surface area (Å²) in [6, 6.07) is 8.39. The van der Waals surface area contributed by atoms with E-state index in [1.54, 1.807) is 16.7 Å². The Labute approximate surface area is 113 Å². The molecule has 0 bridgehead atoms. The van der Waals surface area contributed by atoms with Crippen LogP contribution in [0.15, 0.2) is 34.9 Å². The summed E-state index contributed by atoms with van der Waals surface area (Å²) in [7, 11) is 1.82. The Balaban J connectivity index is 2.11. The molecule has 1 aromatic heterocycles. The molecule has 0 fully saturated rings. The molecule has 1 aromatic carbocycles. The van der Waals surface area contributed by atoms with E-state index in [-0.39, 0.29) is 5.82 Å². The fourth-order valence-electron chi connectivity index (χ4n) is 1.67. The fraction of sp³-hybridized carbons (Fsp3) is 0.154. The first-order valence-corrected chi connectivity index (χ1v) is 6.13. The van der Waals surface area contributed by atoms with E-state index >= 15 is 0 Å². The van der Waals surface area contributed by atoms with Crippen LogP contribution in [0.4, 0.5) is 10.1 Å². The second-order valence-corrected chi connectivity index (χ2v) is 4.79. The number of nitriles is 1. The number of hydrogen-bond acceptors (Lipinski definition) is 2. The summed E-state index contributed by atoms with van der Waals surface area (Å²) >= 11 is 3.35. The predicted octanol–water partition coefficient (Wildman–Crippen LogP) is 3.41. The molecule has 2 aromatic rings. The third-order valence-electron chi connectivity index (χ3n) is 2.59. The molecule has 0 atom stereocenters. The molecule has 0 aliphatic heterocycles. The molecule has 18 heavy (non-hydrogen) atoms. The highest BCUT2D eigenvalue weighted by Gasteiger charge is 2.04. The number of benzene rings is 1. The Hall–Kier alpha value is -1.80. The molecule has 0 aliphatic carbocycles. The van der Waals surface area contributed by atoms with E-state index in [1.807, 2.05) is 13.2 Å². The van der Waals surface area contributed by atoms with E-state index in [0.29, 0.717) is 17.9 Å². The number of aryl methyl sites for hydroxylation is 1. The van der Waals surface area contributed by atoms with E-state index in [2.05, 4.69) is 27.3 Å². The minimum absolute atomic E-state index is 0.286. The molecule has 0 amide bonds. The van der Waals surface area contributed by atoms with E-state index in [1.165, 1.54) is 12.1 Å². The van der Waals surface area contributed by atoms with Crippen LogP contribution in [0, 0.1) is 17.1 Å². The summed E-state index contributed by atoms with van der Waals surface area (Å²) in [6.45, 7) is 0.539. The second kappa shape index (κ2) is 5.23. The first-order valence-electron chi connectivity index (χ1n) is 5.34. The highest BCUT2D eigenvalue weighted by Crippen LogP contribution is 2.23. The molecule has 1 N–H and O–H groups in total. The highest BCUT2D eigenvalue weighted by atomic mass is 79.9. The molecule has 5 heteroatoms. The number of rotatable bonds is 3. The summed E-state index contributed by atoms with van der Waals surface area (Å²) in [6.07, 6.45) is 1.87. The Morgan fingerprint density at radius 3 is 2.89 bits per heavy atom. The molecule has 1 heterocycles. The largest absolute Gasteiger partial charge is 0.380 e. The van der Waals surface area contributed by atoms with Crippen molar-refractivity contribution in [1.82, 2.24) is 4.57 Å². The van der Waals surface area contributed by atoms with Crippen LogP contribution >= 0.6 is 15.9 Å². The normalized spacial score (nSPS) is 10.1. The van der Waals surface area contributed by atoms with Gasteiger partial charge in [-0.1, -0.05) is 0 Å². The van der Waals surface area contributed by atoms with Crippen molar-refractivity contribution in [3.8, 4) is 6.07 Å². The van der Waals surface area contributed by atoms with Crippen molar-refractivity contribution in [2.75, 3.05) is 5.32 Å². The Morgan fingerprint density at radius 1 is 1.44 bits per heavy atom. The molecule has 0 unspecified atom stereocenters. The number of anilines is 1. The van der Waals surface area contributed by atoms with Crippen LogP contribution in [-0.4, -0.2) is 4.57 Å². The SMILES string of the molecule is Cn1cc(CNc2cc(F)ccc2Br)cc1C#N. The van der Waals surface area contributed by atoms with Crippen LogP contribution in [-0.2, 0) is 13.6 Å². The smallest absolute Gasteiger partial charge is 0.125 e. The van der Waals surface area contributed by atoms with Crippen molar-refractivity contribution in [3.05, 3.63) is 52.0 Å². The third kappa shape index (κ3) is 2.71. The standard InChI is InChI=1S/C13H11BrFN3/c1-18-8-9(4-11(18)6-16)7-17-13-5-10(15)2-3-12(13)14/h2-5,8,17H,7H2,1H3. The Bertz CT molecular complexity index is 613. The Morgan fingerprint density at radius 2 is 2.22 bits per heavy atom. The van der Waals surface area contributed by atoms with Gasteiger partial charge in [-0.2, -0.15) is 5.26 Å². The van der Waals surface area contributed by atoms with Gasteiger partial charge >= 0.3 is 0 Å². The average Bonchev–Trinajstić information content (AvgIpc) is 2.71. The van der Waals surface area contributed by atoms with Crippen molar-refractivity contribution in [1.29, 1.82) is 5.26 Å². The molecular weight excluding hydrogens is 297 g/mol. The average molecular weight is 308 g/mol. The number of hydrogen-bond donors (Lipinski definition) is 1. The minimum atomic E-state index is -0.286. The van der Waals surface area contributed by atoms with Gasteiger partial charge in [0, 0.05) is 24.3 Å². The molecule has 0 radical (unpaired) electrons. The zero-order valence-corrected chi connectivity index (χ0v) is 11.3. The lowest BCUT2D eigenvalue weighted by atomic mass is 10.2. The van der Waals surface area contributed by atoms with E-state index < -0.39 is 0 Å². The van der Waals surface area contributed by atoms with Gasteiger partial charge in [0.1, 0.15) is 17.6 Å². The summed E-state index contributed by atoms with van der Waals surface area (Å²) < 4.78 is 15.7. The molecule has 0 saturated carbocycles. The van der Waals surface area contributed by atoms with Crippen LogP contribution in [0.1, 0.15) is 11.3 Å². The van der Waals surface area contributed by atoms with Crippen LogP contribution in [0.25, 0.3) is 0 Å². The van der Waals surface area contributed by atoms with E-state index in [4.69, 9.17) is 5.26 Å². The number of nitrogens with one attached hydrogen (secondary N) is 1. The zero-order valence-electron chi connectivity index (χ0n) is 9.74. The maximum atomic E-state index is 13.1. The maximum absolute atomic E-state index is 13.1. The van der Waals surface area contributed by atoms with Gasteiger partial charge in [0.15, 0.2) is 0 Å². The number of halogens is 2. The lowest BCUT2D eigenvalue weighted by Crippen LogP contribution is -1.99. The van der Waals surface area contributed by atoms with Gasteiger partial charge in [-0.25, -0.2) is 4.39 Å². The number of aromatic nitrogens is 1. The first kappa shape index (κ1) is 12.7. The van der Waals surface area contributed by atoms with E-state index in [0.717, 1.165) is 10.0 Å². The molecule has 3 nitrogen and oxygen atoms in total. The molecule has 2 rings (SSSR count). The third-order valence-corrected chi connectivity index (χ3v) is 3.28. The summed E-state index contributed by atoms with van der Waals surface area (Å²) in [5.41, 5.74) is 2.27. The summed E-state index contributed by atoms with van der Waals surface area (Å²) in [5.74, 6) is -0.286.